The molecule has 0 aliphatic heterocycles. The van der Waals surface area contributed by atoms with E-state index in [-0.39, 0.29) is 5.97 Å². The minimum atomic E-state index is -0.352. The van der Waals surface area contributed by atoms with Crippen LogP contribution in [0, 0.1) is 0 Å². The first kappa shape index (κ1) is 14.4. The van der Waals surface area contributed by atoms with Crippen LogP contribution in [0.4, 0.5) is 0 Å². The lowest BCUT2D eigenvalue weighted by molar-refractivity contribution is 0.0603. The van der Waals surface area contributed by atoms with Gasteiger partial charge in [0.15, 0.2) is 0 Å². The molecule has 4 aromatic rings. The number of carbonyl (C=O) groups is 1. The molecule has 0 aliphatic carbocycles. The summed E-state index contributed by atoms with van der Waals surface area (Å²) < 4.78 is 4.98. The fourth-order valence-electron chi connectivity index (χ4n) is 3.00. The maximum Gasteiger partial charge on any atom is 0.338 e. The Balaban J connectivity index is 2.12. The van der Waals surface area contributed by atoms with Gasteiger partial charge in [-0.05, 0) is 11.5 Å². The number of rotatable bonds is 2. The van der Waals surface area contributed by atoms with E-state index in [1.165, 1.54) is 7.11 Å². The molecule has 0 amide bonds. The van der Waals surface area contributed by atoms with Gasteiger partial charge in [-0.3, -0.25) is 0 Å². The Morgan fingerprint density at radius 1 is 0.875 bits per heavy atom. The van der Waals surface area contributed by atoms with E-state index in [1.807, 2.05) is 66.7 Å². The molecule has 3 heteroatoms. The number of hydrogen-bond donors (Lipinski definition) is 0. The smallest absolute Gasteiger partial charge is 0.338 e. The lowest BCUT2D eigenvalue weighted by Crippen LogP contribution is -2.04. The topological polar surface area (TPSA) is 39.2 Å². The summed E-state index contributed by atoms with van der Waals surface area (Å²) in [6, 6.07) is 23.7. The predicted octanol–water partition coefficient (Wildman–Crippen LogP) is 4.84. The molecule has 0 spiro atoms. The highest BCUT2D eigenvalue weighted by atomic mass is 16.5. The third-order valence-electron chi connectivity index (χ3n) is 4.18. The van der Waals surface area contributed by atoms with Crippen molar-refractivity contribution in [2.45, 2.75) is 0 Å². The van der Waals surface area contributed by atoms with Crippen LogP contribution in [0.3, 0.4) is 0 Å². The lowest BCUT2D eigenvalue weighted by Gasteiger charge is -2.10. The molecule has 3 aromatic carbocycles. The van der Waals surface area contributed by atoms with Crippen LogP contribution >= 0.6 is 0 Å². The predicted molar refractivity (Wildman–Crippen MR) is 96.0 cm³/mol. The van der Waals surface area contributed by atoms with Crippen molar-refractivity contribution in [2.75, 3.05) is 7.11 Å². The van der Waals surface area contributed by atoms with Crippen LogP contribution in [0.2, 0.25) is 0 Å². The number of esters is 1. The van der Waals surface area contributed by atoms with Gasteiger partial charge in [0.2, 0.25) is 0 Å². The van der Waals surface area contributed by atoms with Gasteiger partial charge < -0.3 is 4.74 Å². The average Bonchev–Trinajstić information content (AvgIpc) is 2.67. The van der Waals surface area contributed by atoms with Crippen LogP contribution in [0.1, 0.15) is 10.4 Å². The number of ether oxygens (including phenoxy) is 1. The van der Waals surface area contributed by atoms with Gasteiger partial charge in [0.05, 0.1) is 23.9 Å². The second kappa shape index (κ2) is 5.78. The van der Waals surface area contributed by atoms with Crippen LogP contribution in [0.25, 0.3) is 32.9 Å². The number of hydrogen-bond acceptors (Lipinski definition) is 3. The Hall–Kier alpha value is -3.20. The van der Waals surface area contributed by atoms with E-state index in [9.17, 15) is 4.79 Å². The van der Waals surface area contributed by atoms with Crippen LogP contribution in [0.5, 0.6) is 0 Å². The van der Waals surface area contributed by atoms with Crippen molar-refractivity contribution in [1.82, 2.24) is 4.98 Å². The van der Waals surface area contributed by atoms with E-state index in [1.54, 1.807) is 6.07 Å². The molecule has 1 heterocycles. The molecule has 0 unspecified atom stereocenters. The molecule has 0 radical (unpaired) electrons. The number of pyridine rings is 1. The van der Waals surface area contributed by atoms with Crippen molar-refractivity contribution in [1.29, 1.82) is 0 Å². The molecule has 0 fully saturated rings. The minimum absolute atomic E-state index is 0.352. The Kier molecular flexibility index (Phi) is 3.47. The summed E-state index contributed by atoms with van der Waals surface area (Å²) in [6.07, 6.45) is 0. The quantitative estimate of drug-likeness (QED) is 0.392. The zero-order valence-corrected chi connectivity index (χ0v) is 13.2. The summed E-state index contributed by atoms with van der Waals surface area (Å²) >= 11 is 0. The highest BCUT2D eigenvalue weighted by Gasteiger charge is 2.15. The molecular formula is C21H15NO2. The second-order valence-corrected chi connectivity index (χ2v) is 5.60. The SMILES string of the molecule is COC(=O)c1cc(-c2ccccc2)nc2c1ccc1ccccc12. The lowest BCUT2D eigenvalue weighted by atomic mass is 10.00. The molecule has 3 nitrogen and oxygen atoms in total. The molecule has 0 saturated heterocycles. The minimum Gasteiger partial charge on any atom is -0.465 e. The summed E-state index contributed by atoms with van der Waals surface area (Å²) in [7, 11) is 1.40. The first-order valence-corrected chi connectivity index (χ1v) is 7.74. The van der Waals surface area contributed by atoms with E-state index >= 15 is 0 Å². The number of nitrogens with zero attached hydrogens (tertiary/aromatic N) is 1. The summed E-state index contributed by atoms with van der Waals surface area (Å²) in [5.74, 6) is -0.352. The molecule has 4 rings (SSSR count). The average molecular weight is 313 g/mol. The summed E-state index contributed by atoms with van der Waals surface area (Å²) in [5, 5.41) is 2.93. The molecular weight excluding hydrogens is 298 g/mol. The normalized spacial score (nSPS) is 10.9. The van der Waals surface area contributed by atoms with Crippen LogP contribution in [-0.4, -0.2) is 18.1 Å². The molecule has 0 aliphatic rings. The molecule has 0 bridgehead atoms. The molecule has 1 aromatic heterocycles. The van der Waals surface area contributed by atoms with Crippen molar-refractivity contribution < 1.29 is 9.53 Å². The highest BCUT2D eigenvalue weighted by Crippen LogP contribution is 2.30. The summed E-state index contributed by atoms with van der Waals surface area (Å²) in [4.78, 5) is 17.1. The summed E-state index contributed by atoms with van der Waals surface area (Å²) in [5.41, 5.74) is 3.08. The van der Waals surface area contributed by atoms with E-state index in [2.05, 4.69) is 0 Å². The second-order valence-electron chi connectivity index (χ2n) is 5.60. The monoisotopic (exact) mass is 313 g/mol. The van der Waals surface area contributed by atoms with Crippen molar-refractivity contribution in [3.05, 3.63) is 78.4 Å². The Labute approximate surface area is 139 Å². The van der Waals surface area contributed by atoms with Gasteiger partial charge in [-0.2, -0.15) is 0 Å². The van der Waals surface area contributed by atoms with Crippen molar-refractivity contribution in [3.63, 3.8) is 0 Å². The standard InChI is InChI=1S/C21H15NO2/c1-24-21(23)18-13-19(15-8-3-2-4-9-15)22-20-16-10-6-5-7-14(16)11-12-17(18)20/h2-13H,1H3. The fraction of sp³-hybridized carbons (Fsp3) is 0.0476. The van der Waals surface area contributed by atoms with Gasteiger partial charge in [-0.1, -0.05) is 66.7 Å². The van der Waals surface area contributed by atoms with Crippen LogP contribution in [0.15, 0.2) is 72.8 Å². The zero-order chi connectivity index (χ0) is 16.5. The first-order chi connectivity index (χ1) is 11.8. The van der Waals surface area contributed by atoms with Gasteiger partial charge in [-0.15, -0.1) is 0 Å². The van der Waals surface area contributed by atoms with Gasteiger partial charge >= 0.3 is 5.97 Å². The Bertz CT molecular complexity index is 1060. The Morgan fingerprint density at radius 2 is 1.62 bits per heavy atom. The number of carbonyl (C=O) groups excluding carboxylic acids is 1. The van der Waals surface area contributed by atoms with Crippen molar-refractivity contribution in [2.24, 2.45) is 0 Å². The van der Waals surface area contributed by atoms with Crippen molar-refractivity contribution >= 4 is 27.6 Å². The summed E-state index contributed by atoms with van der Waals surface area (Å²) in [6.45, 7) is 0. The van der Waals surface area contributed by atoms with E-state index in [4.69, 9.17) is 9.72 Å². The fourth-order valence-corrected chi connectivity index (χ4v) is 3.00. The molecule has 116 valence electrons. The van der Waals surface area contributed by atoms with Crippen LogP contribution in [-0.2, 0) is 4.74 Å². The molecule has 24 heavy (non-hydrogen) atoms. The number of benzene rings is 3. The van der Waals surface area contributed by atoms with E-state index in [0.29, 0.717) is 5.56 Å². The molecule has 0 atom stereocenters. The number of aromatic nitrogens is 1. The van der Waals surface area contributed by atoms with Crippen LogP contribution < -0.4 is 0 Å². The largest absolute Gasteiger partial charge is 0.465 e. The Morgan fingerprint density at radius 3 is 2.42 bits per heavy atom. The zero-order valence-electron chi connectivity index (χ0n) is 13.2. The van der Waals surface area contributed by atoms with Crippen molar-refractivity contribution in [3.8, 4) is 11.3 Å². The number of methoxy groups -OCH3 is 1. The number of fused-ring (bicyclic) bond motifs is 3. The van der Waals surface area contributed by atoms with Gasteiger partial charge in [-0.25, -0.2) is 9.78 Å². The third kappa shape index (κ3) is 2.31. The maximum absolute atomic E-state index is 12.3. The van der Waals surface area contributed by atoms with E-state index < -0.39 is 0 Å². The van der Waals surface area contributed by atoms with Gasteiger partial charge in [0.25, 0.3) is 0 Å². The maximum atomic E-state index is 12.3. The molecule has 0 N–H and O–H groups in total. The first-order valence-electron chi connectivity index (χ1n) is 7.74. The molecule has 0 saturated carbocycles. The van der Waals surface area contributed by atoms with Gasteiger partial charge in [0, 0.05) is 16.3 Å². The highest BCUT2D eigenvalue weighted by molar-refractivity contribution is 6.13. The van der Waals surface area contributed by atoms with Gasteiger partial charge in [0.1, 0.15) is 0 Å². The third-order valence-corrected chi connectivity index (χ3v) is 4.18. The van der Waals surface area contributed by atoms with E-state index in [0.717, 1.165) is 32.9 Å².